The van der Waals surface area contributed by atoms with Crippen LogP contribution in [-0.2, 0) is 0 Å². The number of amides is 4. The smallest absolute Gasteiger partial charge is 0.323 e. The van der Waals surface area contributed by atoms with E-state index in [4.69, 9.17) is 16.0 Å². The number of nitrogens with one attached hydrogen (secondary N) is 2. The fourth-order valence-corrected chi connectivity index (χ4v) is 4.84. The van der Waals surface area contributed by atoms with E-state index in [2.05, 4.69) is 20.5 Å². The van der Waals surface area contributed by atoms with Crippen LogP contribution < -0.4 is 20.1 Å². The van der Waals surface area contributed by atoms with Crippen molar-refractivity contribution >= 4 is 45.8 Å². The number of benzene rings is 4. The Kier molecular flexibility index (Phi) is 8.02. The number of hydrogen-bond acceptors (Lipinski definition) is 6. The molecule has 2 heterocycles. The molecular formula is C34H24FN5O5. The number of imide groups is 1. The van der Waals surface area contributed by atoms with Crippen LogP contribution in [0.4, 0.5) is 26.2 Å². The van der Waals surface area contributed by atoms with Crippen molar-refractivity contribution in [2.75, 3.05) is 23.8 Å². The molecule has 11 heteroatoms. The predicted molar refractivity (Wildman–Crippen MR) is 165 cm³/mol. The Labute approximate surface area is 256 Å². The Morgan fingerprint density at radius 1 is 0.867 bits per heavy atom. The van der Waals surface area contributed by atoms with Gasteiger partial charge in [-0.05, 0) is 85.3 Å². The highest BCUT2D eigenvalue weighted by Crippen LogP contribution is 2.37. The van der Waals surface area contributed by atoms with E-state index in [1.54, 1.807) is 72.9 Å². The second-order valence-electron chi connectivity index (χ2n) is 9.98. The third kappa shape index (κ3) is 6.25. The minimum atomic E-state index is -0.483. The first kappa shape index (κ1) is 28.8. The molecule has 0 bridgehead atoms. The van der Waals surface area contributed by atoms with Gasteiger partial charge in [-0.2, -0.15) is 0 Å². The molecule has 45 heavy (non-hydrogen) atoms. The maximum absolute atomic E-state index is 13.1. The van der Waals surface area contributed by atoms with Gasteiger partial charge in [-0.1, -0.05) is 12.1 Å². The molecule has 5 aromatic rings. The Hall–Kier alpha value is -6.28. The van der Waals surface area contributed by atoms with Gasteiger partial charge >= 0.3 is 6.03 Å². The van der Waals surface area contributed by atoms with Crippen molar-refractivity contribution < 1.29 is 28.2 Å². The molecule has 1 aliphatic heterocycles. The van der Waals surface area contributed by atoms with Gasteiger partial charge in [0, 0.05) is 29.5 Å². The van der Waals surface area contributed by atoms with Gasteiger partial charge in [-0.3, -0.25) is 19.5 Å². The summed E-state index contributed by atoms with van der Waals surface area (Å²) >= 11 is 0. The van der Waals surface area contributed by atoms with E-state index in [1.165, 1.54) is 29.2 Å². The second kappa shape index (κ2) is 12.5. The molecular weight excluding hydrogens is 577 g/mol. The first-order chi connectivity index (χ1) is 21.9. The molecule has 0 radical (unpaired) electrons. The first-order valence-electron chi connectivity index (χ1n) is 13.9. The average Bonchev–Trinajstić information content (AvgIpc) is 3.29. The van der Waals surface area contributed by atoms with Gasteiger partial charge in [0.15, 0.2) is 0 Å². The standard InChI is InChI=1S/C34H24FN5O5/c1-36-29-19-27-28(20-31(29)44-18-4-17-40-32(41)25-5-2-3-6-26(25)33(40)42)37-16-15-30(27)45-24-13-11-23(12-14-24)39-34(43)38-22-9-7-21(35)8-10-22/h2-3,5-16,19-20H,4,17-18H2,(H2,38,39,43). The van der Waals surface area contributed by atoms with Crippen molar-refractivity contribution in [1.29, 1.82) is 0 Å². The zero-order chi connectivity index (χ0) is 31.3. The molecule has 0 unspecified atom stereocenters. The highest BCUT2D eigenvalue weighted by atomic mass is 19.1. The van der Waals surface area contributed by atoms with E-state index in [-0.39, 0.29) is 30.7 Å². The van der Waals surface area contributed by atoms with E-state index in [0.717, 1.165) is 0 Å². The molecule has 0 aliphatic carbocycles. The Morgan fingerprint density at radius 3 is 2.16 bits per heavy atom. The van der Waals surface area contributed by atoms with Crippen LogP contribution in [0.5, 0.6) is 17.2 Å². The van der Waals surface area contributed by atoms with Gasteiger partial charge in [0.05, 0.1) is 29.8 Å². The number of halogens is 1. The maximum atomic E-state index is 13.1. The molecule has 1 aliphatic rings. The van der Waals surface area contributed by atoms with E-state index >= 15 is 0 Å². The molecule has 0 atom stereocenters. The number of hydrogen-bond donors (Lipinski definition) is 2. The molecule has 4 amide bonds. The number of fused-ring (bicyclic) bond motifs is 2. The summed E-state index contributed by atoms with van der Waals surface area (Å²) in [6, 6.07) is 23.3. The lowest BCUT2D eigenvalue weighted by atomic mass is 10.1. The highest BCUT2D eigenvalue weighted by Gasteiger charge is 2.34. The fraction of sp³-hybridized carbons (Fsp3) is 0.0882. The molecule has 222 valence electrons. The number of pyridine rings is 1. The quantitative estimate of drug-likeness (QED) is 0.103. The van der Waals surface area contributed by atoms with Crippen LogP contribution in [0.1, 0.15) is 27.1 Å². The van der Waals surface area contributed by atoms with Crippen molar-refractivity contribution in [2.45, 2.75) is 6.42 Å². The molecule has 6 rings (SSSR count). The van der Waals surface area contributed by atoms with Gasteiger partial charge in [-0.25, -0.2) is 14.0 Å². The Bertz CT molecular complexity index is 1940. The molecule has 0 saturated heterocycles. The monoisotopic (exact) mass is 601 g/mol. The number of anilines is 2. The number of aromatic nitrogens is 1. The first-order valence-corrected chi connectivity index (χ1v) is 13.9. The van der Waals surface area contributed by atoms with E-state index in [9.17, 15) is 18.8 Å². The van der Waals surface area contributed by atoms with Gasteiger partial charge in [0.1, 0.15) is 23.1 Å². The summed E-state index contributed by atoms with van der Waals surface area (Å²) in [6.07, 6.45) is 1.97. The van der Waals surface area contributed by atoms with Gasteiger partial charge < -0.3 is 20.1 Å². The Morgan fingerprint density at radius 2 is 1.51 bits per heavy atom. The molecule has 0 saturated carbocycles. The largest absolute Gasteiger partial charge is 0.504 e. The number of rotatable bonds is 9. The third-order valence-electron chi connectivity index (χ3n) is 7.01. The Balaban J connectivity index is 1.08. The molecule has 10 nitrogen and oxygen atoms in total. The molecule has 0 spiro atoms. The summed E-state index contributed by atoms with van der Waals surface area (Å²) in [4.78, 5) is 46.7. The normalized spacial score (nSPS) is 12.0. The van der Waals surface area contributed by atoms with Gasteiger partial charge in [0.2, 0.25) is 5.69 Å². The minimum Gasteiger partial charge on any atom is -0.504 e. The third-order valence-corrected chi connectivity index (χ3v) is 7.01. The predicted octanol–water partition coefficient (Wildman–Crippen LogP) is 7.43. The second-order valence-corrected chi connectivity index (χ2v) is 9.98. The fourth-order valence-electron chi connectivity index (χ4n) is 4.84. The topological polar surface area (TPSA) is 114 Å². The lowest BCUT2D eigenvalue weighted by molar-refractivity contribution is 0.0646. The molecule has 1 aromatic heterocycles. The maximum Gasteiger partial charge on any atom is 0.323 e. The molecule has 4 aromatic carbocycles. The zero-order valence-corrected chi connectivity index (χ0v) is 23.6. The lowest BCUT2D eigenvalue weighted by Crippen LogP contribution is -2.31. The average molecular weight is 602 g/mol. The molecule has 2 N–H and O–H groups in total. The van der Waals surface area contributed by atoms with E-state index < -0.39 is 11.8 Å². The van der Waals surface area contributed by atoms with Crippen LogP contribution in [0.2, 0.25) is 0 Å². The summed E-state index contributed by atoms with van der Waals surface area (Å²) in [5.41, 5.74) is 2.57. The summed E-state index contributed by atoms with van der Waals surface area (Å²) in [5, 5.41) is 5.92. The van der Waals surface area contributed by atoms with Crippen molar-refractivity contribution in [1.82, 2.24) is 9.88 Å². The van der Waals surface area contributed by atoms with Crippen molar-refractivity contribution in [3.8, 4) is 17.2 Å². The summed E-state index contributed by atoms with van der Waals surface area (Å²) in [6.45, 7) is 8.06. The number of carbonyl (C=O) groups is 3. The van der Waals surface area contributed by atoms with Gasteiger partial charge in [0.25, 0.3) is 11.8 Å². The molecule has 0 fully saturated rings. The highest BCUT2D eigenvalue weighted by molar-refractivity contribution is 6.21. The van der Waals surface area contributed by atoms with Crippen molar-refractivity contribution in [2.24, 2.45) is 0 Å². The van der Waals surface area contributed by atoms with Gasteiger partial charge in [-0.15, -0.1) is 0 Å². The lowest BCUT2D eigenvalue weighted by Gasteiger charge is -2.15. The number of nitrogens with zero attached hydrogens (tertiary/aromatic N) is 3. The SMILES string of the molecule is [C-]#[N+]c1cc2c(Oc3ccc(NC(=O)Nc4ccc(F)cc4)cc3)ccnc2cc1OCCCN1C(=O)c2ccccc2C1=O. The van der Waals surface area contributed by atoms with Crippen LogP contribution in [-0.4, -0.2) is 40.9 Å². The summed E-state index contributed by atoms with van der Waals surface area (Å²) in [7, 11) is 0. The van der Waals surface area contributed by atoms with Crippen LogP contribution in [0, 0.1) is 12.4 Å². The van der Waals surface area contributed by atoms with E-state index in [0.29, 0.717) is 57.1 Å². The van der Waals surface area contributed by atoms with Crippen LogP contribution in [0.15, 0.2) is 97.2 Å². The number of ether oxygens (including phenoxy) is 2. The van der Waals surface area contributed by atoms with Crippen LogP contribution >= 0.6 is 0 Å². The van der Waals surface area contributed by atoms with Crippen LogP contribution in [0.3, 0.4) is 0 Å². The van der Waals surface area contributed by atoms with Crippen LogP contribution in [0.25, 0.3) is 15.7 Å². The van der Waals surface area contributed by atoms with Crippen molar-refractivity contribution in [3.05, 3.63) is 126 Å². The zero-order valence-electron chi connectivity index (χ0n) is 23.6. The van der Waals surface area contributed by atoms with Crippen molar-refractivity contribution in [3.63, 3.8) is 0 Å². The summed E-state index contributed by atoms with van der Waals surface area (Å²) in [5.74, 6) is 0.254. The van der Waals surface area contributed by atoms with E-state index in [1.807, 2.05) is 0 Å². The minimum absolute atomic E-state index is 0.180. The number of carbonyl (C=O) groups excluding carboxylic acids is 3. The number of urea groups is 1. The summed E-state index contributed by atoms with van der Waals surface area (Å²) < 4.78 is 25.1.